The summed E-state index contributed by atoms with van der Waals surface area (Å²) < 4.78 is 2.08. The Bertz CT molecular complexity index is 1060. The van der Waals surface area contributed by atoms with Gasteiger partial charge in [0.1, 0.15) is 11.9 Å². The smallest absolute Gasteiger partial charge is 0.245 e. The highest BCUT2D eigenvalue weighted by Crippen LogP contribution is 2.32. The third-order valence-electron chi connectivity index (χ3n) is 6.12. The quantitative estimate of drug-likeness (QED) is 0.518. The van der Waals surface area contributed by atoms with E-state index in [1.807, 2.05) is 29.2 Å². The SMILES string of the molecule is CCC(C(=O)N1CCN(CC)CC1)n1c(Cc2ccccc2)nc2cc(Cl)c(Cl)cc21. The van der Waals surface area contributed by atoms with Crippen LogP contribution in [-0.4, -0.2) is 58.0 Å². The third kappa shape index (κ3) is 4.59. The van der Waals surface area contributed by atoms with Gasteiger partial charge in [-0.3, -0.25) is 4.79 Å². The van der Waals surface area contributed by atoms with Gasteiger partial charge in [0.05, 0.1) is 21.1 Å². The summed E-state index contributed by atoms with van der Waals surface area (Å²) in [6.45, 7) is 8.59. The first-order valence-corrected chi connectivity index (χ1v) is 11.7. The molecule has 0 N–H and O–H groups in total. The number of imidazole rings is 1. The Kier molecular flexibility index (Phi) is 6.85. The molecule has 1 aliphatic heterocycles. The number of nitrogens with zero attached hydrogens (tertiary/aromatic N) is 4. The van der Waals surface area contributed by atoms with E-state index < -0.39 is 0 Å². The van der Waals surface area contributed by atoms with E-state index >= 15 is 0 Å². The fraction of sp³-hybridized carbons (Fsp3) is 0.417. The number of hydrogen-bond donors (Lipinski definition) is 0. The molecule has 2 aromatic carbocycles. The highest BCUT2D eigenvalue weighted by atomic mass is 35.5. The summed E-state index contributed by atoms with van der Waals surface area (Å²) in [6.07, 6.45) is 1.32. The molecule has 1 atom stereocenters. The van der Waals surface area contributed by atoms with Crippen LogP contribution >= 0.6 is 23.2 Å². The van der Waals surface area contributed by atoms with Crippen molar-refractivity contribution >= 4 is 40.1 Å². The Balaban J connectivity index is 1.74. The highest BCUT2D eigenvalue weighted by Gasteiger charge is 2.30. The van der Waals surface area contributed by atoms with E-state index in [2.05, 4.69) is 35.4 Å². The topological polar surface area (TPSA) is 41.4 Å². The molecule has 5 nitrogen and oxygen atoms in total. The van der Waals surface area contributed by atoms with Crippen molar-refractivity contribution in [2.45, 2.75) is 32.7 Å². The molecule has 0 bridgehead atoms. The average molecular weight is 459 g/mol. The number of fused-ring (bicyclic) bond motifs is 1. The number of carbonyl (C=O) groups is 1. The standard InChI is InChI=1S/C24H28Cl2N4O/c1-3-21(24(31)29-12-10-28(4-2)11-13-29)30-22-16-19(26)18(25)15-20(22)27-23(30)14-17-8-6-5-7-9-17/h5-9,15-16,21H,3-4,10-14H2,1-2H3. The van der Waals surface area contributed by atoms with Crippen LogP contribution in [0.25, 0.3) is 11.0 Å². The van der Waals surface area contributed by atoms with E-state index in [9.17, 15) is 4.79 Å². The molecule has 1 amide bonds. The van der Waals surface area contributed by atoms with E-state index in [0.29, 0.717) is 22.9 Å². The molecular formula is C24H28Cl2N4O. The Morgan fingerprint density at radius 1 is 1.03 bits per heavy atom. The Morgan fingerprint density at radius 3 is 2.35 bits per heavy atom. The van der Waals surface area contributed by atoms with Gasteiger partial charge in [-0.2, -0.15) is 0 Å². The van der Waals surface area contributed by atoms with Crippen molar-refractivity contribution in [1.29, 1.82) is 0 Å². The van der Waals surface area contributed by atoms with E-state index in [0.717, 1.165) is 55.1 Å². The summed E-state index contributed by atoms with van der Waals surface area (Å²) in [5.41, 5.74) is 2.77. The van der Waals surface area contributed by atoms with Gasteiger partial charge in [-0.1, -0.05) is 67.4 Å². The van der Waals surface area contributed by atoms with Crippen LogP contribution in [0.3, 0.4) is 0 Å². The van der Waals surface area contributed by atoms with Crippen molar-refractivity contribution in [2.75, 3.05) is 32.7 Å². The average Bonchev–Trinajstić information content (AvgIpc) is 3.11. The largest absolute Gasteiger partial charge is 0.338 e. The lowest BCUT2D eigenvalue weighted by Gasteiger charge is -2.36. The van der Waals surface area contributed by atoms with Gasteiger partial charge in [0.15, 0.2) is 0 Å². The zero-order valence-corrected chi connectivity index (χ0v) is 19.5. The number of likely N-dealkylation sites (N-methyl/N-ethyl adjacent to an activating group) is 1. The van der Waals surface area contributed by atoms with Gasteiger partial charge < -0.3 is 14.4 Å². The van der Waals surface area contributed by atoms with Crippen molar-refractivity contribution in [3.8, 4) is 0 Å². The lowest BCUT2D eigenvalue weighted by molar-refractivity contribution is -0.136. The number of halogens is 2. The monoisotopic (exact) mass is 458 g/mol. The van der Waals surface area contributed by atoms with Crippen LogP contribution in [0.5, 0.6) is 0 Å². The predicted molar refractivity (Wildman–Crippen MR) is 127 cm³/mol. The summed E-state index contributed by atoms with van der Waals surface area (Å²) in [5, 5.41) is 0.945. The first-order valence-electron chi connectivity index (χ1n) is 10.9. The second kappa shape index (κ2) is 9.60. The van der Waals surface area contributed by atoms with Gasteiger partial charge in [0.2, 0.25) is 5.91 Å². The number of amides is 1. The lowest BCUT2D eigenvalue weighted by Crippen LogP contribution is -2.50. The molecule has 3 aromatic rings. The van der Waals surface area contributed by atoms with E-state index in [4.69, 9.17) is 28.2 Å². The number of hydrogen-bond acceptors (Lipinski definition) is 3. The van der Waals surface area contributed by atoms with Crippen LogP contribution in [0, 0.1) is 0 Å². The molecule has 1 aromatic heterocycles. The molecule has 1 saturated heterocycles. The van der Waals surface area contributed by atoms with Gasteiger partial charge in [-0.25, -0.2) is 4.98 Å². The molecule has 0 saturated carbocycles. The number of carbonyl (C=O) groups excluding carboxylic acids is 1. The maximum atomic E-state index is 13.6. The molecule has 31 heavy (non-hydrogen) atoms. The van der Waals surface area contributed by atoms with Crippen molar-refractivity contribution in [1.82, 2.24) is 19.4 Å². The summed E-state index contributed by atoms with van der Waals surface area (Å²) >= 11 is 12.6. The third-order valence-corrected chi connectivity index (χ3v) is 6.85. The van der Waals surface area contributed by atoms with Crippen LogP contribution in [0.2, 0.25) is 10.0 Å². The van der Waals surface area contributed by atoms with Gasteiger partial charge >= 0.3 is 0 Å². The van der Waals surface area contributed by atoms with Crippen molar-refractivity contribution in [2.24, 2.45) is 0 Å². The number of rotatable bonds is 6. The molecule has 2 heterocycles. The van der Waals surface area contributed by atoms with Crippen LogP contribution in [0.1, 0.15) is 37.7 Å². The molecular weight excluding hydrogens is 431 g/mol. The van der Waals surface area contributed by atoms with Crippen LogP contribution < -0.4 is 0 Å². The lowest BCUT2D eigenvalue weighted by atomic mass is 10.1. The van der Waals surface area contributed by atoms with Gasteiger partial charge in [0.25, 0.3) is 0 Å². The molecule has 1 unspecified atom stereocenters. The van der Waals surface area contributed by atoms with Crippen molar-refractivity contribution in [3.63, 3.8) is 0 Å². The van der Waals surface area contributed by atoms with E-state index in [-0.39, 0.29) is 11.9 Å². The zero-order valence-electron chi connectivity index (χ0n) is 18.0. The van der Waals surface area contributed by atoms with E-state index in [1.54, 1.807) is 6.07 Å². The summed E-state index contributed by atoms with van der Waals surface area (Å²) in [6, 6.07) is 13.5. The molecule has 164 valence electrons. The Morgan fingerprint density at radius 2 is 1.71 bits per heavy atom. The number of benzene rings is 2. The van der Waals surface area contributed by atoms with Crippen molar-refractivity contribution < 1.29 is 4.79 Å². The van der Waals surface area contributed by atoms with Crippen LogP contribution in [0.15, 0.2) is 42.5 Å². The molecule has 0 aliphatic carbocycles. The molecule has 0 spiro atoms. The minimum absolute atomic E-state index is 0.151. The second-order valence-corrected chi connectivity index (χ2v) is 8.81. The van der Waals surface area contributed by atoms with Gasteiger partial charge in [-0.05, 0) is 30.7 Å². The normalized spacial score (nSPS) is 16.1. The second-order valence-electron chi connectivity index (χ2n) is 8.00. The predicted octanol–water partition coefficient (Wildman–Crippen LogP) is 5.05. The Hall–Kier alpha value is -2.08. The molecule has 1 fully saturated rings. The molecule has 0 radical (unpaired) electrons. The maximum Gasteiger partial charge on any atom is 0.245 e. The molecule has 4 rings (SSSR count). The maximum absolute atomic E-state index is 13.6. The van der Waals surface area contributed by atoms with Crippen molar-refractivity contribution in [3.05, 3.63) is 63.9 Å². The fourth-order valence-corrected chi connectivity index (χ4v) is 4.67. The molecule has 7 heteroatoms. The van der Waals surface area contributed by atoms with E-state index in [1.165, 1.54) is 0 Å². The summed E-state index contributed by atoms with van der Waals surface area (Å²) in [7, 11) is 0. The van der Waals surface area contributed by atoms with Gasteiger partial charge in [-0.15, -0.1) is 0 Å². The first kappa shape index (κ1) is 22.1. The minimum Gasteiger partial charge on any atom is -0.338 e. The van der Waals surface area contributed by atoms with Crippen LogP contribution in [0.4, 0.5) is 0 Å². The zero-order chi connectivity index (χ0) is 22.0. The Labute approximate surface area is 193 Å². The van der Waals surface area contributed by atoms with Gasteiger partial charge in [0, 0.05) is 32.6 Å². The fourth-order valence-electron chi connectivity index (χ4n) is 4.35. The van der Waals surface area contributed by atoms with Crippen LogP contribution in [-0.2, 0) is 11.2 Å². The first-order chi connectivity index (χ1) is 15.0. The number of aromatic nitrogens is 2. The highest BCUT2D eigenvalue weighted by molar-refractivity contribution is 6.42. The molecule has 1 aliphatic rings. The number of piperazine rings is 1. The summed E-state index contributed by atoms with van der Waals surface area (Å²) in [4.78, 5) is 22.9. The minimum atomic E-state index is -0.325. The summed E-state index contributed by atoms with van der Waals surface area (Å²) in [5.74, 6) is 1.00.